The van der Waals surface area contributed by atoms with E-state index in [0.717, 1.165) is 13.4 Å². The number of carbonyl (C=O) groups is 1. The molecule has 144 valence electrons. The van der Waals surface area contributed by atoms with Gasteiger partial charge in [0.05, 0.1) is 12.0 Å². The van der Waals surface area contributed by atoms with Crippen molar-refractivity contribution in [3.63, 3.8) is 0 Å². The van der Waals surface area contributed by atoms with E-state index in [2.05, 4.69) is 4.74 Å². The highest BCUT2D eigenvalue weighted by molar-refractivity contribution is 7.90. The number of esters is 1. The van der Waals surface area contributed by atoms with Crippen LogP contribution >= 0.6 is 0 Å². The van der Waals surface area contributed by atoms with Crippen molar-refractivity contribution in [2.45, 2.75) is 30.8 Å². The van der Waals surface area contributed by atoms with E-state index in [1.54, 1.807) is 13.8 Å². The number of methoxy groups -OCH3 is 1. The Morgan fingerprint density at radius 3 is 2.41 bits per heavy atom. The van der Waals surface area contributed by atoms with Gasteiger partial charge in [-0.25, -0.2) is 17.6 Å². The van der Waals surface area contributed by atoms with E-state index >= 15 is 0 Å². The molecule has 2 aromatic carbocycles. The minimum atomic E-state index is -3.33. The maximum atomic E-state index is 14.7. The highest BCUT2D eigenvalue weighted by Gasteiger charge is 2.37. The number of fused-ring (bicyclic) bond motifs is 1. The molecule has 2 aromatic rings. The first kappa shape index (κ1) is 19.2. The summed E-state index contributed by atoms with van der Waals surface area (Å²) in [5.41, 5.74) is -0.454. The summed E-state index contributed by atoms with van der Waals surface area (Å²) in [6.45, 7) is 3.60. The molecule has 0 aliphatic carbocycles. The van der Waals surface area contributed by atoms with Gasteiger partial charge < -0.3 is 14.2 Å². The Morgan fingerprint density at radius 2 is 1.85 bits per heavy atom. The number of hydrogen-bond acceptors (Lipinski definition) is 6. The first-order valence-electron chi connectivity index (χ1n) is 8.12. The third-order valence-electron chi connectivity index (χ3n) is 4.15. The van der Waals surface area contributed by atoms with Crippen molar-refractivity contribution in [1.82, 2.24) is 0 Å². The van der Waals surface area contributed by atoms with Crippen LogP contribution < -0.4 is 9.47 Å². The number of halogens is 1. The number of ether oxygens (including phenoxy) is 3. The zero-order valence-electron chi connectivity index (χ0n) is 15.3. The predicted molar refractivity (Wildman–Crippen MR) is 95.8 cm³/mol. The van der Waals surface area contributed by atoms with E-state index in [1.807, 2.05) is 0 Å². The molecule has 0 spiro atoms. The van der Waals surface area contributed by atoms with Crippen LogP contribution in [0.25, 0.3) is 0 Å². The molecule has 1 heterocycles. The molecule has 1 aliphatic heterocycles. The van der Waals surface area contributed by atoms with Gasteiger partial charge >= 0.3 is 5.97 Å². The number of benzene rings is 2. The lowest BCUT2D eigenvalue weighted by Crippen LogP contribution is -2.25. The summed E-state index contributed by atoms with van der Waals surface area (Å²) in [5.74, 6) is -1.07. The average Bonchev–Trinajstić information content (AvgIpc) is 2.92. The summed E-state index contributed by atoms with van der Waals surface area (Å²) in [6, 6.07) is 7.08. The number of sulfone groups is 1. The van der Waals surface area contributed by atoms with E-state index < -0.39 is 27.2 Å². The van der Waals surface area contributed by atoms with Crippen LogP contribution in [0.5, 0.6) is 17.2 Å². The Balaban J connectivity index is 2.05. The van der Waals surface area contributed by atoms with Crippen molar-refractivity contribution in [3.05, 3.63) is 47.3 Å². The first-order chi connectivity index (χ1) is 12.5. The van der Waals surface area contributed by atoms with Crippen LogP contribution in [0.3, 0.4) is 0 Å². The highest BCUT2D eigenvalue weighted by Crippen LogP contribution is 2.45. The first-order valence-corrected chi connectivity index (χ1v) is 10.0. The normalized spacial score (nSPS) is 15.0. The van der Waals surface area contributed by atoms with Gasteiger partial charge in [-0.3, -0.25) is 0 Å². The van der Waals surface area contributed by atoms with Crippen molar-refractivity contribution in [1.29, 1.82) is 0 Å². The molecule has 0 fully saturated rings. The second kappa shape index (κ2) is 6.53. The second-order valence-corrected chi connectivity index (χ2v) is 8.94. The fourth-order valence-corrected chi connectivity index (χ4v) is 3.52. The zero-order valence-corrected chi connectivity index (χ0v) is 16.1. The van der Waals surface area contributed by atoms with Gasteiger partial charge in [0.1, 0.15) is 22.7 Å². The molecule has 8 heteroatoms. The molecule has 0 saturated heterocycles. The van der Waals surface area contributed by atoms with Gasteiger partial charge in [0.25, 0.3) is 0 Å². The van der Waals surface area contributed by atoms with Gasteiger partial charge in [-0.2, -0.15) is 0 Å². The van der Waals surface area contributed by atoms with Gasteiger partial charge in [-0.15, -0.1) is 0 Å². The van der Waals surface area contributed by atoms with Gasteiger partial charge in [0.15, 0.2) is 21.4 Å². The van der Waals surface area contributed by atoms with Crippen molar-refractivity contribution in [2.75, 3.05) is 13.4 Å². The van der Waals surface area contributed by atoms with Crippen LogP contribution in [0.4, 0.5) is 4.39 Å². The maximum absolute atomic E-state index is 14.7. The predicted octanol–water partition coefficient (Wildman–Crippen LogP) is 3.52. The molecule has 0 aromatic heterocycles. The monoisotopic (exact) mass is 394 g/mol. The van der Waals surface area contributed by atoms with Crippen LogP contribution in [-0.4, -0.2) is 33.4 Å². The maximum Gasteiger partial charge on any atom is 0.341 e. The zero-order chi connectivity index (χ0) is 20.0. The van der Waals surface area contributed by atoms with Crippen molar-refractivity contribution in [3.8, 4) is 17.2 Å². The molecule has 0 radical (unpaired) electrons. The molecular formula is C19H19FO6S. The lowest BCUT2D eigenvalue weighted by molar-refractivity contribution is 0.0592. The van der Waals surface area contributed by atoms with E-state index in [1.165, 1.54) is 30.3 Å². The molecular weight excluding hydrogens is 375 g/mol. The molecule has 27 heavy (non-hydrogen) atoms. The lowest BCUT2D eigenvalue weighted by atomic mass is 9.99. The quantitative estimate of drug-likeness (QED) is 0.739. The van der Waals surface area contributed by atoms with Crippen LogP contribution in [0.1, 0.15) is 29.8 Å². The molecule has 0 saturated carbocycles. The van der Waals surface area contributed by atoms with E-state index in [0.29, 0.717) is 17.7 Å². The van der Waals surface area contributed by atoms with Gasteiger partial charge in [-0.1, -0.05) is 0 Å². The summed E-state index contributed by atoms with van der Waals surface area (Å²) in [5, 5.41) is 0. The minimum Gasteiger partial charge on any atom is -0.484 e. The lowest BCUT2D eigenvalue weighted by Gasteiger charge is -2.17. The molecule has 3 rings (SSSR count). The van der Waals surface area contributed by atoms with Crippen LogP contribution in [0, 0.1) is 5.82 Å². The topological polar surface area (TPSA) is 78.9 Å². The fraction of sp³-hybridized carbons (Fsp3) is 0.316. The largest absolute Gasteiger partial charge is 0.484 e. The Morgan fingerprint density at radius 1 is 1.22 bits per heavy atom. The summed E-state index contributed by atoms with van der Waals surface area (Å²) in [7, 11) is -2.17. The average molecular weight is 394 g/mol. The molecule has 0 unspecified atom stereocenters. The smallest absolute Gasteiger partial charge is 0.341 e. The van der Waals surface area contributed by atoms with Crippen molar-refractivity contribution < 1.29 is 31.8 Å². The third kappa shape index (κ3) is 3.75. The molecule has 0 bridgehead atoms. The van der Waals surface area contributed by atoms with E-state index in [4.69, 9.17) is 9.47 Å². The van der Waals surface area contributed by atoms with Crippen LogP contribution in [-0.2, 0) is 21.0 Å². The van der Waals surface area contributed by atoms with Crippen molar-refractivity contribution in [2.24, 2.45) is 0 Å². The highest BCUT2D eigenvalue weighted by atomic mass is 32.2. The van der Waals surface area contributed by atoms with E-state index in [9.17, 15) is 17.6 Å². The van der Waals surface area contributed by atoms with E-state index in [-0.39, 0.29) is 22.0 Å². The second-order valence-electron chi connectivity index (χ2n) is 6.92. The van der Waals surface area contributed by atoms with Crippen LogP contribution in [0.15, 0.2) is 35.2 Å². The van der Waals surface area contributed by atoms with Gasteiger partial charge in [0.2, 0.25) is 0 Å². The number of rotatable bonds is 4. The fourth-order valence-electron chi connectivity index (χ4n) is 2.89. The molecule has 6 nitrogen and oxygen atoms in total. The SMILES string of the molecule is COC(=O)c1cc(Oc2ccc(S(C)(=O)=O)cc2)c2c(c1F)OC(C)(C)C2. The Labute approximate surface area is 156 Å². The Bertz CT molecular complexity index is 1010. The summed E-state index contributed by atoms with van der Waals surface area (Å²) < 4.78 is 54.0. The summed E-state index contributed by atoms with van der Waals surface area (Å²) >= 11 is 0. The van der Waals surface area contributed by atoms with Gasteiger partial charge in [-0.05, 0) is 44.2 Å². The van der Waals surface area contributed by atoms with Crippen molar-refractivity contribution >= 4 is 15.8 Å². The van der Waals surface area contributed by atoms with Crippen LogP contribution in [0.2, 0.25) is 0 Å². The minimum absolute atomic E-state index is 0.0364. The molecule has 0 amide bonds. The Kier molecular flexibility index (Phi) is 4.63. The molecule has 0 atom stereocenters. The Hall–Kier alpha value is -2.61. The standard InChI is InChI=1S/C19H19FO6S/c1-19(2)10-14-15(9-13(18(21)24-3)16(20)17(14)26-19)25-11-5-7-12(8-6-11)27(4,22)23/h5-9H,10H2,1-4H3. The number of carbonyl (C=O) groups excluding carboxylic acids is 1. The van der Waals surface area contributed by atoms with Gasteiger partial charge in [0, 0.05) is 18.2 Å². The summed E-state index contributed by atoms with van der Waals surface area (Å²) in [4.78, 5) is 12.1. The molecule has 1 aliphatic rings. The molecule has 0 N–H and O–H groups in total. The number of hydrogen-bond donors (Lipinski definition) is 0. The summed E-state index contributed by atoms with van der Waals surface area (Å²) in [6.07, 6.45) is 1.50. The third-order valence-corrected chi connectivity index (χ3v) is 5.28.